The van der Waals surface area contributed by atoms with E-state index in [4.69, 9.17) is 4.74 Å². The molecule has 2 aromatic carbocycles. The first kappa shape index (κ1) is 19.1. The Kier molecular flexibility index (Phi) is 7.36. The van der Waals surface area contributed by atoms with Gasteiger partial charge in [-0.3, -0.25) is 0 Å². The maximum Gasteiger partial charge on any atom is 0.134 e. The largest absolute Gasteiger partial charge is 0.488 e. The predicted molar refractivity (Wildman–Crippen MR) is 107 cm³/mol. The van der Waals surface area contributed by atoms with Gasteiger partial charge in [0.25, 0.3) is 0 Å². The molecule has 24 heavy (non-hydrogen) atoms. The summed E-state index contributed by atoms with van der Waals surface area (Å²) in [5, 5.41) is 0. The van der Waals surface area contributed by atoms with Crippen molar-refractivity contribution in [2.45, 2.75) is 64.9 Å². The van der Waals surface area contributed by atoms with Crippen molar-refractivity contribution in [3.05, 3.63) is 64.1 Å². The van der Waals surface area contributed by atoms with Gasteiger partial charge >= 0.3 is 0 Å². The Morgan fingerprint density at radius 2 is 1.71 bits per heavy atom. The lowest BCUT2D eigenvalue weighted by atomic mass is 9.80. The van der Waals surface area contributed by atoms with Gasteiger partial charge in [0.1, 0.15) is 12.4 Å². The molecular formula is C22H29BrO. The van der Waals surface area contributed by atoms with Crippen LogP contribution in [0.4, 0.5) is 0 Å². The molecule has 0 radical (unpaired) electrons. The molecule has 0 saturated heterocycles. The second-order valence-corrected chi connectivity index (χ2v) is 7.97. The predicted octanol–water partition coefficient (Wildman–Crippen LogP) is 7.28. The second kappa shape index (κ2) is 9.27. The maximum atomic E-state index is 6.05. The third-order valence-corrected chi connectivity index (χ3v) is 5.26. The van der Waals surface area contributed by atoms with Crippen LogP contribution in [0.5, 0.6) is 5.75 Å². The number of unbranched alkanes of at least 4 members (excludes halogenated alkanes) is 3. The summed E-state index contributed by atoms with van der Waals surface area (Å²) in [5.74, 6) is 0.929. The van der Waals surface area contributed by atoms with E-state index < -0.39 is 0 Å². The zero-order valence-electron chi connectivity index (χ0n) is 15.1. The Bertz CT molecular complexity index is 619. The molecule has 0 fully saturated rings. The first-order valence-electron chi connectivity index (χ1n) is 8.99. The molecule has 0 aliphatic heterocycles. The Morgan fingerprint density at radius 1 is 0.958 bits per heavy atom. The number of hydrogen-bond donors (Lipinski definition) is 0. The quantitative estimate of drug-likeness (QED) is 0.410. The lowest BCUT2D eigenvalue weighted by Crippen LogP contribution is -2.17. The highest BCUT2D eigenvalue weighted by Crippen LogP contribution is 2.35. The second-order valence-electron chi connectivity index (χ2n) is 7.11. The lowest BCUT2D eigenvalue weighted by molar-refractivity contribution is 0.303. The summed E-state index contributed by atoms with van der Waals surface area (Å²) in [6.45, 7) is 7.53. The molecule has 0 aliphatic carbocycles. The van der Waals surface area contributed by atoms with Crippen molar-refractivity contribution < 1.29 is 4.74 Å². The molecular weight excluding hydrogens is 360 g/mol. The molecule has 2 heteroatoms. The molecule has 0 amide bonds. The Labute approximate surface area is 155 Å². The number of hydrogen-bond acceptors (Lipinski definition) is 1. The molecule has 0 saturated carbocycles. The SMILES string of the molecule is CCCCCCC(C)(C)c1ccc(Br)c(OCc2ccccc2)c1. The van der Waals surface area contributed by atoms with Gasteiger partial charge in [0, 0.05) is 0 Å². The van der Waals surface area contributed by atoms with Crippen molar-refractivity contribution in [3.8, 4) is 5.75 Å². The van der Waals surface area contributed by atoms with Crippen molar-refractivity contribution in [3.63, 3.8) is 0 Å². The van der Waals surface area contributed by atoms with E-state index in [2.05, 4.69) is 67.0 Å². The Balaban J connectivity index is 2.04. The fraction of sp³-hybridized carbons (Fsp3) is 0.455. The van der Waals surface area contributed by atoms with Crippen molar-refractivity contribution in [2.24, 2.45) is 0 Å². The lowest BCUT2D eigenvalue weighted by Gasteiger charge is -2.26. The third kappa shape index (κ3) is 5.66. The van der Waals surface area contributed by atoms with Gasteiger partial charge in [0.05, 0.1) is 4.47 Å². The fourth-order valence-electron chi connectivity index (χ4n) is 2.91. The van der Waals surface area contributed by atoms with Crippen LogP contribution in [0.2, 0.25) is 0 Å². The molecule has 0 aromatic heterocycles. The first-order valence-corrected chi connectivity index (χ1v) is 9.79. The van der Waals surface area contributed by atoms with Crippen LogP contribution in [-0.2, 0) is 12.0 Å². The highest BCUT2D eigenvalue weighted by atomic mass is 79.9. The Morgan fingerprint density at radius 3 is 2.42 bits per heavy atom. The molecule has 2 aromatic rings. The van der Waals surface area contributed by atoms with Crippen molar-refractivity contribution in [1.29, 1.82) is 0 Å². The molecule has 0 bridgehead atoms. The highest BCUT2D eigenvalue weighted by Gasteiger charge is 2.21. The minimum atomic E-state index is 0.180. The summed E-state index contributed by atoms with van der Waals surface area (Å²) in [4.78, 5) is 0. The van der Waals surface area contributed by atoms with E-state index in [1.807, 2.05) is 18.2 Å². The maximum absolute atomic E-state index is 6.05. The van der Waals surface area contributed by atoms with Gasteiger partial charge in [-0.2, -0.15) is 0 Å². The zero-order chi connectivity index (χ0) is 17.4. The van der Waals surface area contributed by atoms with E-state index in [0.29, 0.717) is 6.61 Å². The summed E-state index contributed by atoms with van der Waals surface area (Å²) in [6, 6.07) is 16.8. The van der Waals surface area contributed by atoms with Gasteiger partial charge in [0.2, 0.25) is 0 Å². The van der Waals surface area contributed by atoms with Crippen LogP contribution >= 0.6 is 15.9 Å². The topological polar surface area (TPSA) is 9.23 Å². The average molecular weight is 389 g/mol. The monoisotopic (exact) mass is 388 g/mol. The number of halogens is 1. The molecule has 0 N–H and O–H groups in total. The summed E-state index contributed by atoms with van der Waals surface area (Å²) < 4.78 is 7.07. The molecule has 130 valence electrons. The third-order valence-electron chi connectivity index (χ3n) is 4.61. The highest BCUT2D eigenvalue weighted by molar-refractivity contribution is 9.10. The van der Waals surface area contributed by atoms with E-state index in [0.717, 1.165) is 10.2 Å². The minimum absolute atomic E-state index is 0.180. The standard InChI is InChI=1S/C22H29BrO/c1-4-5-6-10-15-22(2,3)19-13-14-20(23)21(16-19)24-17-18-11-8-7-9-12-18/h7-9,11-14,16H,4-6,10,15,17H2,1-3H3. The summed E-state index contributed by atoms with van der Waals surface area (Å²) in [6.07, 6.45) is 6.45. The minimum Gasteiger partial charge on any atom is -0.488 e. The van der Waals surface area contributed by atoms with Gasteiger partial charge in [-0.25, -0.2) is 0 Å². The number of benzene rings is 2. The van der Waals surface area contributed by atoms with Crippen molar-refractivity contribution in [2.75, 3.05) is 0 Å². The van der Waals surface area contributed by atoms with E-state index >= 15 is 0 Å². The van der Waals surface area contributed by atoms with Crippen LogP contribution in [0.25, 0.3) is 0 Å². The van der Waals surface area contributed by atoms with Crippen LogP contribution in [0.1, 0.15) is 64.0 Å². The van der Waals surface area contributed by atoms with Crippen LogP contribution in [0, 0.1) is 0 Å². The van der Waals surface area contributed by atoms with Crippen LogP contribution in [-0.4, -0.2) is 0 Å². The van der Waals surface area contributed by atoms with Gasteiger partial charge in [-0.1, -0.05) is 82.9 Å². The Hall–Kier alpha value is -1.28. The summed E-state index contributed by atoms with van der Waals surface area (Å²) in [5.41, 5.74) is 2.72. The molecule has 0 heterocycles. The molecule has 0 spiro atoms. The molecule has 0 atom stereocenters. The van der Waals surface area contributed by atoms with E-state index in [1.54, 1.807) is 0 Å². The van der Waals surface area contributed by atoms with Crippen LogP contribution in [0.15, 0.2) is 53.0 Å². The van der Waals surface area contributed by atoms with Crippen LogP contribution < -0.4 is 4.74 Å². The fourth-order valence-corrected chi connectivity index (χ4v) is 3.27. The van der Waals surface area contributed by atoms with Crippen molar-refractivity contribution in [1.82, 2.24) is 0 Å². The normalized spacial score (nSPS) is 11.5. The zero-order valence-corrected chi connectivity index (χ0v) is 16.7. The van der Waals surface area contributed by atoms with E-state index in [9.17, 15) is 0 Å². The average Bonchev–Trinajstić information content (AvgIpc) is 2.59. The van der Waals surface area contributed by atoms with Gasteiger partial charge in [-0.05, 0) is 51.0 Å². The smallest absolute Gasteiger partial charge is 0.134 e. The number of ether oxygens (including phenoxy) is 1. The molecule has 2 rings (SSSR count). The number of rotatable bonds is 9. The van der Waals surface area contributed by atoms with Gasteiger partial charge < -0.3 is 4.74 Å². The first-order chi connectivity index (χ1) is 11.5. The van der Waals surface area contributed by atoms with Crippen molar-refractivity contribution >= 4 is 15.9 Å². The van der Waals surface area contributed by atoms with E-state index in [1.165, 1.54) is 43.2 Å². The molecule has 0 unspecified atom stereocenters. The van der Waals surface area contributed by atoms with Gasteiger partial charge in [-0.15, -0.1) is 0 Å². The summed E-state index contributed by atoms with van der Waals surface area (Å²) >= 11 is 3.62. The molecule has 0 aliphatic rings. The summed E-state index contributed by atoms with van der Waals surface area (Å²) in [7, 11) is 0. The van der Waals surface area contributed by atoms with Crippen LogP contribution in [0.3, 0.4) is 0 Å². The van der Waals surface area contributed by atoms with Gasteiger partial charge in [0.15, 0.2) is 0 Å². The molecule has 1 nitrogen and oxygen atoms in total. The van der Waals surface area contributed by atoms with E-state index in [-0.39, 0.29) is 5.41 Å².